The van der Waals surface area contributed by atoms with Crippen molar-refractivity contribution in [2.75, 3.05) is 25.6 Å². The quantitative estimate of drug-likeness (QED) is 0.703. The summed E-state index contributed by atoms with van der Waals surface area (Å²) in [6, 6.07) is 7.10. The van der Waals surface area contributed by atoms with Crippen molar-refractivity contribution >= 4 is 11.7 Å². The predicted octanol–water partition coefficient (Wildman–Crippen LogP) is 3.23. The van der Waals surface area contributed by atoms with Crippen LogP contribution in [0, 0.1) is 11.6 Å². The van der Waals surface area contributed by atoms with Gasteiger partial charge in [0.25, 0.3) is 0 Å². The van der Waals surface area contributed by atoms with Gasteiger partial charge in [0, 0.05) is 29.9 Å². The van der Waals surface area contributed by atoms with E-state index in [1.54, 1.807) is 18.2 Å². The number of aliphatic hydroxyl groups excluding tert-OH is 1. The number of rotatable bonds is 7. The molecule has 0 aliphatic rings. The van der Waals surface area contributed by atoms with Crippen LogP contribution in [0.25, 0.3) is 0 Å². The maximum absolute atomic E-state index is 13.6. The Kier molecular flexibility index (Phi) is 6.74. The lowest BCUT2D eigenvalue weighted by atomic mass is 10.1. The van der Waals surface area contributed by atoms with Crippen LogP contribution in [-0.4, -0.2) is 31.4 Å². The van der Waals surface area contributed by atoms with E-state index < -0.39 is 23.8 Å². The molecule has 0 spiro atoms. The van der Waals surface area contributed by atoms with Crippen LogP contribution in [-0.2, 0) is 0 Å². The topological polar surface area (TPSA) is 79.8 Å². The van der Waals surface area contributed by atoms with E-state index in [4.69, 9.17) is 9.47 Å². The van der Waals surface area contributed by atoms with E-state index in [0.717, 1.165) is 12.1 Å². The molecule has 0 aliphatic heterocycles. The third-order valence-corrected chi connectivity index (χ3v) is 3.50. The summed E-state index contributed by atoms with van der Waals surface area (Å²) in [7, 11) is 1.51. The molecule has 0 aromatic heterocycles. The minimum Gasteiger partial charge on any atom is -0.493 e. The molecule has 2 aromatic rings. The van der Waals surface area contributed by atoms with E-state index >= 15 is 0 Å². The molecule has 0 saturated heterocycles. The first-order chi connectivity index (χ1) is 12.4. The molecule has 0 heterocycles. The summed E-state index contributed by atoms with van der Waals surface area (Å²) >= 11 is 0. The number of benzene rings is 2. The first-order valence-corrected chi connectivity index (χ1v) is 7.93. The van der Waals surface area contributed by atoms with Gasteiger partial charge in [0.1, 0.15) is 11.6 Å². The molecule has 6 nitrogen and oxygen atoms in total. The zero-order chi connectivity index (χ0) is 19.1. The van der Waals surface area contributed by atoms with Gasteiger partial charge in [-0.25, -0.2) is 13.6 Å². The third-order valence-electron chi connectivity index (χ3n) is 3.50. The normalized spacial score (nSPS) is 11.6. The number of carbonyl (C=O) groups is 1. The number of hydrogen-bond donors (Lipinski definition) is 3. The smallest absolute Gasteiger partial charge is 0.319 e. The van der Waals surface area contributed by atoms with E-state index in [9.17, 15) is 18.7 Å². The number of hydrogen-bond acceptors (Lipinski definition) is 4. The fourth-order valence-corrected chi connectivity index (χ4v) is 2.27. The van der Waals surface area contributed by atoms with Crippen LogP contribution >= 0.6 is 0 Å². The fourth-order valence-electron chi connectivity index (χ4n) is 2.27. The highest BCUT2D eigenvalue weighted by Crippen LogP contribution is 2.30. The van der Waals surface area contributed by atoms with Crippen LogP contribution in [0.15, 0.2) is 36.4 Å². The van der Waals surface area contributed by atoms with Gasteiger partial charge in [0.15, 0.2) is 11.5 Å². The Bertz CT molecular complexity index is 771. The number of methoxy groups -OCH3 is 1. The van der Waals surface area contributed by atoms with Crippen molar-refractivity contribution < 1.29 is 28.2 Å². The van der Waals surface area contributed by atoms with Gasteiger partial charge in [-0.1, -0.05) is 6.07 Å². The highest BCUT2D eigenvalue weighted by molar-refractivity contribution is 5.89. The summed E-state index contributed by atoms with van der Waals surface area (Å²) in [4.78, 5) is 12.0. The summed E-state index contributed by atoms with van der Waals surface area (Å²) in [6.07, 6.45) is -1.31. The number of urea groups is 1. The van der Waals surface area contributed by atoms with Crippen molar-refractivity contribution in [3.05, 3.63) is 53.6 Å². The molecule has 2 rings (SSSR count). The molecule has 26 heavy (non-hydrogen) atoms. The minimum absolute atomic E-state index is 0.102. The molecule has 1 unspecified atom stereocenters. The van der Waals surface area contributed by atoms with Crippen LogP contribution < -0.4 is 20.1 Å². The molecule has 2 aromatic carbocycles. The number of amides is 2. The maximum atomic E-state index is 13.6. The standard InChI is InChI=1S/C18H20F2N2O4/c1-3-26-17-9-12(5-7-16(17)25-2)22-18(24)21-10-15(23)13-6-4-11(19)8-14(13)20/h4-9,15,23H,3,10H2,1-2H3,(H2,21,22,24). The minimum atomic E-state index is -1.31. The molecule has 2 amide bonds. The highest BCUT2D eigenvalue weighted by atomic mass is 19.1. The van der Waals surface area contributed by atoms with E-state index in [2.05, 4.69) is 10.6 Å². The van der Waals surface area contributed by atoms with Crippen molar-refractivity contribution in [1.29, 1.82) is 0 Å². The molecular formula is C18H20F2N2O4. The van der Waals surface area contributed by atoms with Gasteiger partial charge < -0.3 is 25.2 Å². The largest absolute Gasteiger partial charge is 0.493 e. The highest BCUT2D eigenvalue weighted by Gasteiger charge is 2.15. The van der Waals surface area contributed by atoms with Crippen LogP contribution in [0.5, 0.6) is 11.5 Å². The van der Waals surface area contributed by atoms with Crippen molar-refractivity contribution in [3.63, 3.8) is 0 Å². The number of aliphatic hydroxyl groups is 1. The van der Waals surface area contributed by atoms with E-state index in [-0.39, 0.29) is 12.1 Å². The van der Waals surface area contributed by atoms with Gasteiger partial charge >= 0.3 is 6.03 Å². The molecule has 0 saturated carbocycles. The average molecular weight is 366 g/mol. The van der Waals surface area contributed by atoms with Crippen molar-refractivity contribution in [3.8, 4) is 11.5 Å². The van der Waals surface area contributed by atoms with Gasteiger partial charge in [-0.2, -0.15) is 0 Å². The summed E-state index contributed by atoms with van der Waals surface area (Å²) in [5.74, 6) is -0.619. The second kappa shape index (κ2) is 9.00. The SMILES string of the molecule is CCOc1cc(NC(=O)NCC(O)c2ccc(F)cc2F)ccc1OC. The van der Waals surface area contributed by atoms with E-state index in [1.165, 1.54) is 7.11 Å². The monoisotopic (exact) mass is 366 g/mol. The molecule has 0 radical (unpaired) electrons. The fraction of sp³-hybridized carbons (Fsp3) is 0.278. The third kappa shape index (κ3) is 5.06. The molecule has 0 aliphatic carbocycles. The summed E-state index contributed by atoms with van der Waals surface area (Å²) in [5, 5.41) is 14.9. The van der Waals surface area contributed by atoms with Crippen molar-refractivity contribution in [2.45, 2.75) is 13.0 Å². The van der Waals surface area contributed by atoms with Crippen LogP contribution in [0.3, 0.4) is 0 Å². The zero-order valence-corrected chi connectivity index (χ0v) is 14.4. The summed E-state index contributed by atoms with van der Waals surface area (Å²) < 4.78 is 37.1. The average Bonchev–Trinajstić information content (AvgIpc) is 2.60. The molecule has 0 fully saturated rings. The Morgan fingerprint density at radius 2 is 1.96 bits per heavy atom. The first-order valence-electron chi connectivity index (χ1n) is 7.93. The van der Waals surface area contributed by atoms with Gasteiger partial charge in [0.2, 0.25) is 0 Å². The van der Waals surface area contributed by atoms with Gasteiger partial charge in [-0.05, 0) is 25.1 Å². The number of halogens is 2. The number of nitrogens with one attached hydrogen (secondary N) is 2. The van der Waals surface area contributed by atoms with Gasteiger partial charge in [-0.15, -0.1) is 0 Å². The molecule has 0 bridgehead atoms. The number of anilines is 1. The number of carbonyl (C=O) groups excluding carboxylic acids is 1. The summed E-state index contributed by atoms with van der Waals surface area (Å²) in [6.45, 7) is 2.01. The Morgan fingerprint density at radius 3 is 2.62 bits per heavy atom. The van der Waals surface area contributed by atoms with Crippen LogP contribution in [0.1, 0.15) is 18.6 Å². The molecule has 8 heteroatoms. The summed E-state index contributed by atoms with van der Waals surface area (Å²) in [5.41, 5.74) is 0.351. The van der Waals surface area contributed by atoms with E-state index in [0.29, 0.717) is 29.9 Å². The predicted molar refractivity (Wildman–Crippen MR) is 92.5 cm³/mol. The van der Waals surface area contributed by atoms with Crippen molar-refractivity contribution in [2.24, 2.45) is 0 Å². The lowest BCUT2D eigenvalue weighted by molar-refractivity contribution is 0.170. The zero-order valence-electron chi connectivity index (χ0n) is 14.4. The lowest BCUT2D eigenvalue weighted by Gasteiger charge is -2.15. The van der Waals surface area contributed by atoms with Crippen LogP contribution in [0.2, 0.25) is 0 Å². The first kappa shape index (κ1) is 19.5. The molecule has 1 atom stereocenters. The molecule has 140 valence electrons. The van der Waals surface area contributed by atoms with Crippen molar-refractivity contribution in [1.82, 2.24) is 5.32 Å². The second-order valence-electron chi connectivity index (χ2n) is 5.32. The molecule has 3 N–H and O–H groups in total. The lowest BCUT2D eigenvalue weighted by Crippen LogP contribution is -2.32. The second-order valence-corrected chi connectivity index (χ2v) is 5.32. The Balaban J connectivity index is 1.95. The number of ether oxygens (including phenoxy) is 2. The van der Waals surface area contributed by atoms with E-state index in [1.807, 2.05) is 6.92 Å². The Hall–Kier alpha value is -2.87. The Morgan fingerprint density at radius 1 is 1.19 bits per heavy atom. The Labute approximate surface area is 149 Å². The van der Waals surface area contributed by atoms with Crippen LogP contribution in [0.4, 0.5) is 19.3 Å². The van der Waals surface area contributed by atoms with Gasteiger partial charge in [-0.3, -0.25) is 0 Å². The molecular weight excluding hydrogens is 346 g/mol. The maximum Gasteiger partial charge on any atom is 0.319 e. The van der Waals surface area contributed by atoms with Gasteiger partial charge in [0.05, 0.1) is 19.8 Å².